The first-order chi connectivity index (χ1) is 13.5. The maximum atomic E-state index is 12.3. The molecule has 0 aliphatic heterocycles. The predicted molar refractivity (Wildman–Crippen MR) is 117 cm³/mol. The van der Waals surface area contributed by atoms with E-state index in [-0.39, 0.29) is 5.91 Å². The summed E-state index contributed by atoms with van der Waals surface area (Å²) >= 11 is 6.91. The zero-order valence-electron chi connectivity index (χ0n) is 15.5. The lowest BCUT2D eigenvalue weighted by Gasteiger charge is -2.10. The van der Waals surface area contributed by atoms with E-state index >= 15 is 0 Å². The molecule has 0 radical (unpaired) electrons. The topological polar surface area (TPSA) is 69.2 Å². The summed E-state index contributed by atoms with van der Waals surface area (Å²) in [6, 6.07) is 8.61. The normalized spacial score (nSPS) is 10.6. The smallest absolute Gasteiger partial charge is 0.271 e. The quantitative estimate of drug-likeness (QED) is 0.294. The van der Waals surface area contributed by atoms with Gasteiger partial charge in [-0.3, -0.25) is 4.79 Å². The van der Waals surface area contributed by atoms with E-state index in [4.69, 9.17) is 14.2 Å². The largest absolute Gasteiger partial charge is 0.493 e. The zero-order chi connectivity index (χ0) is 20.5. The highest BCUT2D eigenvalue weighted by atomic mass is 79.9. The van der Waals surface area contributed by atoms with Crippen molar-refractivity contribution in [2.75, 3.05) is 20.3 Å². The molecule has 28 heavy (non-hydrogen) atoms. The number of rotatable bonds is 9. The minimum atomic E-state index is -0.360. The second-order valence-corrected chi connectivity index (χ2v) is 7.12. The second-order valence-electron chi connectivity index (χ2n) is 5.41. The van der Waals surface area contributed by atoms with Gasteiger partial charge in [0.1, 0.15) is 12.4 Å². The first-order valence-corrected chi connectivity index (χ1v) is 9.95. The molecule has 8 heteroatoms. The summed E-state index contributed by atoms with van der Waals surface area (Å²) < 4.78 is 17.8. The highest BCUT2D eigenvalue weighted by Gasteiger charge is 2.11. The van der Waals surface area contributed by atoms with Crippen LogP contribution in [-0.4, -0.2) is 32.4 Å². The van der Waals surface area contributed by atoms with E-state index in [0.717, 1.165) is 14.5 Å². The number of benzene rings is 2. The van der Waals surface area contributed by atoms with Crippen molar-refractivity contribution in [3.05, 3.63) is 63.1 Å². The van der Waals surface area contributed by atoms with Crippen molar-refractivity contribution in [1.82, 2.24) is 5.43 Å². The SMILES string of the molecule is C=CCOc1c(Br)cc(/C=N/NC(=O)c2ccc(OCC)c(OC)c2)cc1Br. The van der Waals surface area contributed by atoms with Crippen LogP contribution in [0.4, 0.5) is 0 Å². The summed E-state index contributed by atoms with van der Waals surface area (Å²) in [6.07, 6.45) is 3.20. The Morgan fingerprint density at radius 3 is 2.50 bits per heavy atom. The molecule has 0 aliphatic carbocycles. The standard InChI is InChI=1S/C20H20Br2N2O4/c1-4-8-28-19-15(21)9-13(10-16(19)22)12-23-24-20(25)14-6-7-17(27-5-2)18(11-14)26-3/h4,6-7,9-12H,1,5,8H2,2-3H3,(H,24,25)/b23-12+. The number of carbonyl (C=O) groups is 1. The van der Waals surface area contributed by atoms with Crippen molar-refractivity contribution in [3.8, 4) is 17.2 Å². The molecule has 0 spiro atoms. The molecule has 0 heterocycles. The van der Waals surface area contributed by atoms with Gasteiger partial charge in [0.2, 0.25) is 0 Å². The number of halogens is 2. The van der Waals surface area contributed by atoms with Gasteiger partial charge < -0.3 is 14.2 Å². The molecule has 0 aliphatic rings. The van der Waals surface area contributed by atoms with Crippen LogP contribution in [-0.2, 0) is 0 Å². The number of ether oxygens (including phenoxy) is 3. The molecule has 0 fully saturated rings. The Kier molecular flexibility index (Phi) is 8.53. The molecule has 6 nitrogen and oxygen atoms in total. The average molecular weight is 512 g/mol. The van der Waals surface area contributed by atoms with Crippen LogP contribution in [0.5, 0.6) is 17.2 Å². The van der Waals surface area contributed by atoms with Crippen LogP contribution in [0.15, 0.2) is 57.0 Å². The Bertz CT molecular complexity index is 861. The Hall–Kier alpha value is -2.32. The summed E-state index contributed by atoms with van der Waals surface area (Å²) in [6.45, 7) is 6.41. The molecule has 0 unspecified atom stereocenters. The molecule has 0 saturated carbocycles. The van der Waals surface area contributed by atoms with Crippen LogP contribution in [0.25, 0.3) is 0 Å². The second kappa shape index (κ2) is 10.9. The number of nitrogens with one attached hydrogen (secondary N) is 1. The maximum absolute atomic E-state index is 12.3. The van der Waals surface area contributed by atoms with Crippen LogP contribution >= 0.6 is 31.9 Å². The third-order valence-electron chi connectivity index (χ3n) is 3.47. The summed E-state index contributed by atoms with van der Waals surface area (Å²) in [5.41, 5.74) is 3.68. The lowest BCUT2D eigenvalue weighted by Crippen LogP contribution is -2.17. The van der Waals surface area contributed by atoms with Gasteiger partial charge in [-0.2, -0.15) is 5.10 Å². The lowest BCUT2D eigenvalue weighted by atomic mass is 10.2. The van der Waals surface area contributed by atoms with Crippen LogP contribution in [0.2, 0.25) is 0 Å². The molecule has 0 aromatic heterocycles. The Labute approximate surface area is 180 Å². The van der Waals surface area contributed by atoms with Crippen molar-refractivity contribution in [1.29, 1.82) is 0 Å². The van der Waals surface area contributed by atoms with Crippen molar-refractivity contribution < 1.29 is 19.0 Å². The summed E-state index contributed by atoms with van der Waals surface area (Å²) in [5, 5.41) is 4.01. The number of hydrogen-bond donors (Lipinski definition) is 1. The Morgan fingerprint density at radius 2 is 1.89 bits per heavy atom. The van der Waals surface area contributed by atoms with Gasteiger partial charge >= 0.3 is 0 Å². The molecule has 2 aromatic carbocycles. The van der Waals surface area contributed by atoms with Crippen molar-refractivity contribution in [2.45, 2.75) is 6.92 Å². The molecule has 0 saturated heterocycles. The molecule has 148 valence electrons. The Balaban J connectivity index is 2.08. The summed E-state index contributed by atoms with van der Waals surface area (Å²) in [5.74, 6) is 1.38. The highest BCUT2D eigenvalue weighted by molar-refractivity contribution is 9.11. The monoisotopic (exact) mass is 510 g/mol. The van der Waals surface area contributed by atoms with Crippen LogP contribution < -0.4 is 19.6 Å². The zero-order valence-corrected chi connectivity index (χ0v) is 18.7. The van der Waals surface area contributed by atoms with Gasteiger partial charge in [-0.15, -0.1) is 0 Å². The fourth-order valence-electron chi connectivity index (χ4n) is 2.25. The van der Waals surface area contributed by atoms with E-state index < -0.39 is 0 Å². The van der Waals surface area contributed by atoms with Crippen molar-refractivity contribution in [2.24, 2.45) is 5.10 Å². The Morgan fingerprint density at radius 1 is 1.18 bits per heavy atom. The first kappa shape index (κ1) is 22.0. The number of hydrogen-bond acceptors (Lipinski definition) is 5. The molecular weight excluding hydrogens is 492 g/mol. The fourth-order valence-corrected chi connectivity index (χ4v) is 3.70. The first-order valence-electron chi connectivity index (χ1n) is 8.37. The molecular formula is C20H20Br2N2O4. The predicted octanol–water partition coefficient (Wildman–Crippen LogP) is 4.95. The van der Waals surface area contributed by atoms with Crippen molar-refractivity contribution in [3.63, 3.8) is 0 Å². The van der Waals surface area contributed by atoms with Crippen LogP contribution in [0.1, 0.15) is 22.8 Å². The van der Waals surface area contributed by atoms with Gasteiger partial charge in [-0.05, 0) is 74.7 Å². The molecule has 0 bridgehead atoms. The fraction of sp³-hybridized carbons (Fsp3) is 0.200. The average Bonchev–Trinajstić information content (AvgIpc) is 2.68. The number of hydrazone groups is 1. The van der Waals surface area contributed by atoms with Crippen molar-refractivity contribution >= 4 is 44.0 Å². The van der Waals surface area contributed by atoms with E-state index in [1.54, 1.807) is 24.3 Å². The van der Waals surface area contributed by atoms with Crippen LogP contribution in [0, 0.1) is 0 Å². The third kappa shape index (κ3) is 5.84. The van der Waals surface area contributed by atoms with E-state index in [1.165, 1.54) is 13.3 Å². The van der Waals surface area contributed by atoms with Gasteiger partial charge in [-0.1, -0.05) is 12.7 Å². The lowest BCUT2D eigenvalue weighted by molar-refractivity contribution is 0.0954. The highest BCUT2D eigenvalue weighted by Crippen LogP contribution is 2.34. The minimum Gasteiger partial charge on any atom is -0.493 e. The number of nitrogens with zero attached hydrogens (tertiary/aromatic N) is 1. The number of methoxy groups -OCH3 is 1. The maximum Gasteiger partial charge on any atom is 0.271 e. The molecule has 1 N–H and O–H groups in total. The third-order valence-corrected chi connectivity index (χ3v) is 4.65. The summed E-state index contributed by atoms with van der Waals surface area (Å²) in [4.78, 5) is 12.3. The number of amides is 1. The van der Waals surface area contributed by atoms with Gasteiger partial charge in [-0.25, -0.2) is 5.43 Å². The van der Waals surface area contributed by atoms with E-state index in [0.29, 0.717) is 36.0 Å². The molecule has 2 aromatic rings. The van der Waals surface area contributed by atoms with Crippen LogP contribution in [0.3, 0.4) is 0 Å². The van der Waals surface area contributed by atoms with E-state index in [2.05, 4.69) is 49.0 Å². The number of carbonyl (C=O) groups excluding carboxylic acids is 1. The summed E-state index contributed by atoms with van der Waals surface area (Å²) in [7, 11) is 1.52. The van der Waals surface area contributed by atoms with E-state index in [9.17, 15) is 4.79 Å². The minimum absolute atomic E-state index is 0.360. The molecule has 0 atom stereocenters. The molecule has 2 rings (SSSR count). The van der Waals surface area contributed by atoms with E-state index in [1.807, 2.05) is 19.1 Å². The molecule has 1 amide bonds. The van der Waals surface area contributed by atoms with Gasteiger partial charge in [0.15, 0.2) is 11.5 Å². The van der Waals surface area contributed by atoms with Gasteiger partial charge in [0, 0.05) is 5.56 Å². The van der Waals surface area contributed by atoms with Gasteiger partial charge in [0.25, 0.3) is 5.91 Å². The van der Waals surface area contributed by atoms with Gasteiger partial charge in [0.05, 0.1) is 28.9 Å².